The number of nitrogens with zero attached hydrogens (tertiary/aromatic N) is 1. The molecule has 2 heterocycles. The molecule has 3 nitrogen and oxygen atoms in total. The molecule has 0 spiro atoms. The van der Waals surface area contributed by atoms with Gasteiger partial charge in [-0.15, -0.1) is 0 Å². The maximum Gasteiger partial charge on any atom is 0.0825 e. The fraction of sp³-hybridized carbons (Fsp3) is 0.571. The van der Waals surface area contributed by atoms with Gasteiger partial charge in [0.25, 0.3) is 0 Å². The molecular weight excluding hydrogens is 294 g/mol. The highest BCUT2D eigenvalue weighted by Crippen LogP contribution is 2.55. The molecule has 0 unspecified atom stereocenters. The highest BCUT2D eigenvalue weighted by molar-refractivity contribution is 6.14. The highest BCUT2D eigenvalue weighted by Gasteiger charge is 2.50. The van der Waals surface area contributed by atoms with Crippen molar-refractivity contribution in [2.45, 2.75) is 57.4 Å². The van der Waals surface area contributed by atoms with Crippen LogP contribution in [-0.4, -0.2) is 16.7 Å². The lowest BCUT2D eigenvalue weighted by molar-refractivity contribution is -0.0130. The highest BCUT2D eigenvalue weighted by atomic mass is 15.0. The van der Waals surface area contributed by atoms with Crippen LogP contribution < -0.4 is 5.32 Å². The maximum absolute atomic E-state index is 4.72. The van der Waals surface area contributed by atoms with Gasteiger partial charge in [0.05, 0.1) is 5.70 Å². The van der Waals surface area contributed by atoms with Gasteiger partial charge < -0.3 is 10.3 Å². The van der Waals surface area contributed by atoms with Crippen LogP contribution in [0.3, 0.4) is 0 Å². The predicted molar refractivity (Wildman–Crippen MR) is 98.6 cm³/mol. The first kappa shape index (κ1) is 14.6. The van der Waals surface area contributed by atoms with Crippen molar-refractivity contribution >= 4 is 11.8 Å². The van der Waals surface area contributed by atoms with Gasteiger partial charge in [-0.25, -0.2) is 0 Å². The van der Waals surface area contributed by atoms with E-state index in [1.54, 1.807) is 0 Å². The third-order valence-corrected chi connectivity index (χ3v) is 6.76. The van der Waals surface area contributed by atoms with Crippen molar-refractivity contribution in [3.8, 4) is 0 Å². The molecule has 0 aromatic carbocycles. The van der Waals surface area contributed by atoms with Gasteiger partial charge in [0.15, 0.2) is 0 Å². The zero-order chi connectivity index (χ0) is 16.1. The third kappa shape index (κ3) is 2.28. The molecule has 0 amide bonds. The number of allylic oxidation sites excluding steroid dienone is 2. The van der Waals surface area contributed by atoms with Crippen LogP contribution in [0.5, 0.6) is 0 Å². The van der Waals surface area contributed by atoms with Gasteiger partial charge in [0.1, 0.15) is 0 Å². The van der Waals surface area contributed by atoms with Crippen molar-refractivity contribution in [1.82, 2.24) is 10.3 Å². The van der Waals surface area contributed by atoms with Gasteiger partial charge in [0, 0.05) is 35.4 Å². The van der Waals surface area contributed by atoms with Crippen LogP contribution in [0.2, 0.25) is 0 Å². The summed E-state index contributed by atoms with van der Waals surface area (Å²) in [6.07, 6.45) is 15.9. The monoisotopic (exact) mass is 321 g/mol. The molecule has 4 saturated carbocycles. The Kier molecular flexibility index (Phi) is 3.26. The van der Waals surface area contributed by atoms with Crippen molar-refractivity contribution < 1.29 is 0 Å². The quantitative estimate of drug-likeness (QED) is 0.831. The first-order chi connectivity index (χ1) is 11.7. The molecule has 24 heavy (non-hydrogen) atoms. The van der Waals surface area contributed by atoms with E-state index in [9.17, 15) is 0 Å². The average Bonchev–Trinajstić information content (AvgIpc) is 3.20. The number of aromatic amines is 1. The second-order valence-corrected chi connectivity index (χ2v) is 8.46. The van der Waals surface area contributed by atoms with Crippen molar-refractivity contribution in [2.75, 3.05) is 0 Å². The van der Waals surface area contributed by atoms with E-state index in [2.05, 4.69) is 35.6 Å². The lowest BCUT2D eigenvalue weighted by Crippen LogP contribution is -2.57. The van der Waals surface area contributed by atoms with Crippen LogP contribution in [0.1, 0.15) is 57.6 Å². The second kappa shape index (κ2) is 5.37. The first-order valence-corrected chi connectivity index (χ1v) is 9.64. The molecule has 1 aromatic heterocycles. The Morgan fingerprint density at radius 3 is 2.50 bits per heavy atom. The standard InChI is InChI=1S/C21H27N3/c1-2-17-18(19-4-3-5-22-19)12-23-20(17)13-24-21-9-14-6-15(10-21)8-16(7-14)11-21/h3-5,12-16,22,24H,2,6-11H2,1H3/b20-13+. The summed E-state index contributed by atoms with van der Waals surface area (Å²) in [5, 5.41) is 3.88. The molecule has 2 N–H and O–H groups in total. The van der Waals surface area contributed by atoms with Gasteiger partial charge in [-0.2, -0.15) is 0 Å². The van der Waals surface area contributed by atoms with Crippen molar-refractivity contribution in [2.24, 2.45) is 22.7 Å². The summed E-state index contributed by atoms with van der Waals surface area (Å²) in [7, 11) is 0. The summed E-state index contributed by atoms with van der Waals surface area (Å²) < 4.78 is 0. The summed E-state index contributed by atoms with van der Waals surface area (Å²) in [4.78, 5) is 8.04. The molecule has 1 aromatic rings. The van der Waals surface area contributed by atoms with Crippen LogP contribution >= 0.6 is 0 Å². The number of aromatic nitrogens is 1. The van der Waals surface area contributed by atoms with Gasteiger partial charge in [0.2, 0.25) is 0 Å². The van der Waals surface area contributed by atoms with Crippen LogP contribution in [0.4, 0.5) is 0 Å². The van der Waals surface area contributed by atoms with Crippen molar-refractivity contribution in [3.05, 3.63) is 41.5 Å². The van der Waals surface area contributed by atoms with Crippen LogP contribution in [-0.2, 0) is 0 Å². The lowest BCUT2D eigenvalue weighted by atomic mass is 9.53. The van der Waals surface area contributed by atoms with E-state index in [0.717, 1.165) is 29.9 Å². The van der Waals surface area contributed by atoms with Crippen LogP contribution in [0.25, 0.3) is 5.57 Å². The number of hydrogen-bond acceptors (Lipinski definition) is 2. The van der Waals surface area contributed by atoms with E-state index >= 15 is 0 Å². The minimum absolute atomic E-state index is 0.366. The zero-order valence-corrected chi connectivity index (χ0v) is 14.5. The SMILES string of the molecule is CCC1=C(c2ccc[nH]2)C=N/C1=C/NC12CC3CC(CC(C3)C1)C2. The summed E-state index contributed by atoms with van der Waals surface area (Å²) in [6, 6.07) is 4.19. The molecule has 4 bridgehead atoms. The number of H-pyrrole nitrogens is 1. The van der Waals surface area contributed by atoms with Gasteiger partial charge in [-0.1, -0.05) is 6.92 Å². The van der Waals surface area contributed by atoms with Crippen LogP contribution in [0.15, 0.2) is 40.8 Å². The lowest BCUT2D eigenvalue weighted by Gasteiger charge is -2.57. The van der Waals surface area contributed by atoms with E-state index in [1.165, 1.54) is 55.4 Å². The van der Waals surface area contributed by atoms with Gasteiger partial charge in [-0.05, 0) is 80.4 Å². The Hall–Kier alpha value is -1.77. The molecule has 4 aliphatic carbocycles. The van der Waals surface area contributed by atoms with Gasteiger partial charge in [-0.3, -0.25) is 4.99 Å². The zero-order valence-electron chi connectivity index (χ0n) is 14.5. The summed E-state index contributed by atoms with van der Waals surface area (Å²) >= 11 is 0. The Labute approximate surface area is 144 Å². The molecule has 0 saturated heterocycles. The Morgan fingerprint density at radius 1 is 1.21 bits per heavy atom. The molecule has 126 valence electrons. The topological polar surface area (TPSA) is 40.2 Å². The van der Waals surface area contributed by atoms with E-state index in [1.807, 2.05) is 12.4 Å². The average molecular weight is 321 g/mol. The molecule has 3 heteroatoms. The number of aliphatic imine (C=N–C) groups is 1. The van der Waals surface area contributed by atoms with Gasteiger partial charge >= 0.3 is 0 Å². The molecular formula is C21H27N3. The summed E-state index contributed by atoms with van der Waals surface area (Å²) in [6.45, 7) is 2.23. The first-order valence-electron chi connectivity index (χ1n) is 9.64. The third-order valence-electron chi connectivity index (χ3n) is 6.76. The van der Waals surface area contributed by atoms with E-state index in [-0.39, 0.29) is 0 Å². The molecule has 4 fully saturated rings. The fourth-order valence-corrected chi connectivity index (χ4v) is 6.16. The van der Waals surface area contributed by atoms with E-state index < -0.39 is 0 Å². The number of nitrogens with one attached hydrogen (secondary N) is 2. The minimum atomic E-state index is 0.366. The fourth-order valence-electron chi connectivity index (χ4n) is 6.16. The maximum atomic E-state index is 4.72. The number of rotatable bonds is 4. The Bertz CT molecular complexity index is 685. The van der Waals surface area contributed by atoms with Crippen molar-refractivity contribution in [1.29, 1.82) is 0 Å². The van der Waals surface area contributed by atoms with E-state index in [4.69, 9.17) is 4.99 Å². The van der Waals surface area contributed by atoms with E-state index in [0.29, 0.717) is 5.54 Å². The Balaban J connectivity index is 1.40. The normalized spacial score (nSPS) is 38.5. The number of hydrogen-bond donors (Lipinski definition) is 2. The largest absolute Gasteiger partial charge is 0.384 e. The molecule has 6 rings (SSSR count). The molecule has 1 aliphatic heterocycles. The van der Waals surface area contributed by atoms with Crippen molar-refractivity contribution in [3.63, 3.8) is 0 Å². The molecule has 5 aliphatic rings. The molecule has 0 radical (unpaired) electrons. The Morgan fingerprint density at radius 2 is 1.92 bits per heavy atom. The summed E-state index contributed by atoms with van der Waals surface area (Å²) in [5.74, 6) is 2.93. The minimum Gasteiger partial charge on any atom is -0.384 e. The van der Waals surface area contributed by atoms with Crippen LogP contribution in [0, 0.1) is 17.8 Å². The predicted octanol–water partition coefficient (Wildman–Crippen LogP) is 4.66. The smallest absolute Gasteiger partial charge is 0.0825 e. The second-order valence-electron chi connectivity index (χ2n) is 8.46. The summed E-state index contributed by atoms with van der Waals surface area (Å²) in [5.41, 5.74) is 5.29. The molecule has 0 atom stereocenters.